The molecular weight excluding hydrogens is 316 g/mol. The third-order valence-corrected chi connectivity index (χ3v) is 4.76. The molecule has 23 heavy (non-hydrogen) atoms. The van der Waals surface area contributed by atoms with Crippen molar-refractivity contribution in [1.29, 1.82) is 0 Å². The Bertz CT molecular complexity index is 708. The number of hydrogen-bond donors (Lipinski definition) is 1. The Kier molecular flexibility index (Phi) is 4.49. The van der Waals surface area contributed by atoms with Gasteiger partial charge in [0.15, 0.2) is 5.76 Å². The van der Waals surface area contributed by atoms with Gasteiger partial charge in [-0.1, -0.05) is 0 Å². The lowest BCUT2D eigenvalue weighted by molar-refractivity contribution is -0.0122. The fourth-order valence-corrected chi connectivity index (χ4v) is 3.52. The molecule has 1 atom stereocenters. The normalized spacial score (nSPS) is 18.0. The summed E-state index contributed by atoms with van der Waals surface area (Å²) < 4.78 is 10.5. The molecule has 6 nitrogen and oxygen atoms in total. The topological polar surface area (TPSA) is 71.8 Å². The molecule has 3 heterocycles. The smallest absolute Gasteiger partial charge is 0.291 e. The van der Waals surface area contributed by atoms with Gasteiger partial charge in [0.05, 0.1) is 28.9 Å². The molecule has 2 aromatic rings. The van der Waals surface area contributed by atoms with Crippen molar-refractivity contribution in [2.75, 3.05) is 25.0 Å². The van der Waals surface area contributed by atoms with Crippen molar-refractivity contribution in [2.24, 2.45) is 0 Å². The molecule has 1 aliphatic heterocycles. The summed E-state index contributed by atoms with van der Waals surface area (Å²) in [6.07, 6.45) is 1.49. The first-order chi connectivity index (χ1) is 11.0. The number of furan rings is 1. The molecule has 1 N–H and O–H groups in total. The molecule has 1 aliphatic rings. The van der Waals surface area contributed by atoms with E-state index in [9.17, 15) is 9.59 Å². The highest BCUT2D eigenvalue weighted by molar-refractivity contribution is 7.18. The van der Waals surface area contributed by atoms with Crippen LogP contribution in [0.5, 0.6) is 0 Å². The summed E-state index contributed by atoms with van der Waals surface area (Å²) in [6, 6.07) is 5.06. The standard InChI is InChI=1S/C16H18N2O4S/c1-10-8-13(17-15(19)12-4-3-6-22-12)23-14(10)16(20)18-5-7-21-11(2)9-18/h3-4,6,8,11H,5,7,9H2,1-2H3,(H,17,19)/t11-/m0/s1. The predicted molar refractivity (Wildman–Crippen MR) is 87.0 cm³/mol. The largest absolute Gasteiger partial charge is 0.459 e. The van der Waals surface area contributed by atoms with Gasteiger partial charge < -0.3 is 19.4 Å². The minimum atomic E-state index is -0.324. The molecule has 0 saturated carbocycles. The molecule has 7 heteroatoms. The van der Waals surface area contributed by atoms with Crippen molar-refractivity contribution in [3.8, 4) is 0 Å². The van der Waals surface area contributed by atoms with Crippen LogP contribution in [0.2, 0.25) is 0 Å². The number of nitrogens with one attached hydrogen (secondary N) is 1. The van der Waals surface area contributed by atoms with E-state index < -0.39 is 0 Å². The zero-order valence-electron chi connectivity index (χ0n) is 13.0. The Labute approximate surface area is 138 Å². The number of amides is 2. The lowest BCUT2D eigenvalue weighted by Crippen LogP contribution is -2.44. The second-order valence-electron chi connectivity index (χ2n) is 5.49. The summed E-state index contributed by atoms with van der Waals surface area (Å²) in [5.74, 6) is -0.0951. The maximum atomic E-state index is 12.6. The van der Waals surface area contributed by atoms with E-state index in [0.717, 1.165) is 5.56 Å². The van der Waals surface area contributed by atoms with Gasteiger partial charge in [-0.2, -0.15) is 0 Å². The van der Waals surface area contributed by atoms with Gasteiger partial charge in [-0.15, -0.1) is 11.3 Å². The van der Waals surface area contributed by atoms with Crippen molar-refractivity contribution in [1.82, 2.24) is 4.90 Å². The Hall–Kier alpha value is -2.12. The molecule has 2 aromatic heterocycles. The van der Waals surface area contributed by atoms with E-state index in [1.165, 1.54) is 17.6 Å². The molecule has 0 spiro atoms. The third kappa shape index (κ3) is 3.46. The second kappa shape index (κ2) is 6.55. The Morgan fingerprint density at radius 2 is 2.26 bits per heavy atom. The molecule has 3 rings (SSSR count). The van der Waals surface area contributed by atoms with Crippen LogP contribution in [0, 0.1) is 6.92 Å². The van der Waals surface area contributed by atoms with E-state index >= 15 is 0 Å². The third-order valence-electron chi connectivity index (χ3n) is 3.62. The van der Waals surface area contributed by atoms with Crippen LogP contribution in [0.1, 0.15) is 32.7 Å². The van der Waals surface area contributed by atoms with Crippen LogP contribution in [0.25, 0.3) is 0 Å². The lowest BCUT2D eigenvalue weighted by Gasteiger charge is -2.31. The van der Waals surface area contributed by atoms with Crippen molar-refractivity contribution in [2.45, 2.75) is 20.0 Å². The number of carbonyl (C=O) groups is 2. The van der Waals surface area contributed by atoms with E-state index in [1.807, 2.05) is 19.9 Å². The van der Waals surface area contributed by atoms with Crippen LogP contribution < -0.4 is 5.32 Å². The molecule has 0 bridgehead atoms. The molecule has 122 valence electrons. The highest BCUT2D eigenvalue weighted by Crippen LogP contribution is 2.28. The number of hydrogen-bond acceptors (Lipinski definition) is 5. The average Bonchev–Trinajstić information content (AvgIpc) is 3.16. The van der Waals surface area contributed by atoms with Crippen LogP contribution in [-0.2, 0) is 4.74 Å². The van der Waals surface area contributed by atoms with Crippen LogP contribution in [0.15, 0.2) is 28.9 Å². The maximum Gasteiger partial charge on any atom is 0.291 e. The average molecular weight is 334 g/mol. The van der Waals surface area contributed by atoms with Gasteiger partial charge in [0.1, 0.15) is 0 Å². The summed E-state index contributed by atoms with van der Waals surface area (Å²) in [4.78, 5) is 27.1. The van der Waals surface area contributed by atoms with E-state index in [4.69, 9.17) is 9.15 Å². The van der Waals surface area contributed by atoms with Crippen molar-refractivity contribution < 1.29 is 18.7 Å². The van der Waals surface area contributed by atoms with E-state index in [0.29, 0.717) is 29.6 Å². The highest BCUT2D eigenvalue weighted by atomic mass is 32.1. The van der Waals surface area contributed by atoms with E-state index in [-0.39, 0.29) is 23.7 Å². The van der Waals surface area contributed by atoms with Crippen LogP contribution >= 0.6 is 11.3 Å². The first kappa shape index (κ1) is 15.8. The van der Waals surface area contributed by atoms with E-state index in [2.05, 4.69) is 5.32 Å². The summed E-state index contributed by atoms with van der Waals surface area (Å²) in [6.45, 7) is 5.56. The SMILES string of the molecule is Cc1cc(NC(=O)c2ccco2)sc1C(=O)N1CCO[C@@H](C)C1. The summed E-state index contributed by atoms with van der Waals surface area (Å²) in [5.41, 5.74) is 0.855. The number of nitrogens with zero attached hydrogens (tertiary/aromatic N) is 1. The molecule has 0 unspecified atom stereocenters. The van der Waals surface area contributed by atoms with Gasteiger partial charge in [-0.05, 0) is 37.6 Å². The van der Waals surface area contributed by atoms with Gasteiger partial charge in [-0.3, -0.25) is 9.59 Å². The first-order valence-electron chi connectivity index (χ1n) is 7.41. The minimum Gasteiger partial charge on any atom is -0.459 e. The Morgan fingerprint density at radius 3 is 2.96 bits per heavy atom. The van der Waals surface area contributed by atoms with Gasteiger partial charge in [0, 0.05) is 13.1 Å². The van der Waals surface area contributed by atoms with Crippen LogP contribution in [-0.4, -0.2) is 42.5 Å². The van der Waals surface area contributed by atoms with Gasteiger partial charge in [-0.25, -0.2) is 0 Å². The van der Waals surface area contributed by atoms with Crippen molar-refractivity contribution in [3.63, 3.8) is 0 Å². The Morgan fingerprint density at radius 1 is 1.43 bits per heavy atom. The number of aryl methyl sites for hydroxylation is 1. The minimum absolute atomic E-state index is 0.0128. The summed E-state index contributed by atoms with van der Waals surface area (Å²) in [5, 5.41) is 3.40. The number of rotatable bonds is 3. The molecule has 0 radical (unpaired) electrons. The zero-order chi connectivity index (χ0) is 16.4. The van der Waals surface area contributed by atoms with Gasteiger partial charge >= 0.3 is 0 Å². The molecule has 0 aliphatic carbocycles. The number of thiophene rings is 1. The highest BCUT2D eigenvalue weighted by Gasteiger charge is 2.25. The van der Waals surface area contributed by atoms with E-state index in [1.54, 1.807) is 17.0 Å². The number of morpholine rings is 1. The fraction of sp³-hybridized carbons (Fsp3) is 0.375. The molecule has 1 fully saturated rings. The molecule has 0 aromatic carbocycles. The first-order valence-corrected chi connectivity index (χ1v) is 8.22. The number of ether oxygens (including phenoxy) is 1. The molecular formula is C16H18N2O4S. The van der Waals surface area contributed by atoms with Gasteiger partial charge in [0.2, 0.25) is 0 Å². The van der Waals surface area contributed by atoms with Crippen molar-refractivity contribution >= 4 is 28.2 Å². The summed E-state index contributed by atoms with van der Waals surface area (Å²) in [7, 11) is 0. The van der Waals surface area contributed by atoms with Gasteiger partial charge in [0.25, 0.3) is 11.8 Å². The number of anilines is 1. The van der Waals surface area contributed by atoms with Crippen LogP contribution in [0.4, 0.5) is 5.00 Å². The van der Waals surface area contributed by atoms with Crippen LogP contribution in [0.3, 0.4) is 0 Å². The molecule has 1 saturated heterocycles. The fourth-order valence-electron chi connectivity index (χ4n) is 2.48. The molecule has 2 amide bonds. The van der Waals surface area contributed by atoms with Crippen molar-refractivity contribution in [3.05, 3.63) is 40.7 Å². The lowest BCUT2D eigenvalue weighted by atomic mass is 10.2. The second-order valence-corrected chi connectivity index (χ2v) is 6.54. The maximum absolute atomic E-state index is 12.6. The Balaban J connectivity index is 1.73. The quantitative estimate of drug-likeness (QED) is 0.937. The number of carbonyl (C=O) groups excluding carboxylic acids is 2. The summed E-state index contributed by atoms with van der Waals surface area (Å²) >= 11 is 1.28. The monoisotopic (exact) mass is 334 g/mol. The predicted octanol–water partition coefficient (Wildman–Crippen LogP) is 2.76. The zero-order valence-corrected chi connectivity index (χ0v) is 13.8.